The molecule has 2 heterocycles. The van der Waals surface area contributed by atoms with E-state index in [1.165, 1.54) is 0 Å². The molecule has 0 aliphatic carbocycles. The Labute approximate surface area is 143 Å². The van der Waals surface area contributed by atoms with Gasteiger partial charge >= 0.3 is 0 Å². The molecular weight excluding hydrogens is 330 g/mol. The summed E-state index contributed by atoms with van der Waals surface area (Å²) < 4.78 is 5.19. The van der Waals surface area contributed by atoms with Crippen molar-refractivity contribution in [3.63, 3.8) is 0 Å². The van der Waals surface area contributed by atoms with Gasteiger partial charge in [-0.3, -0.25) is 9.78 Å². The normalized spacial score (nSPS) is 11.9. The van der Waals surface area contributed by atoms with Crippen LogP contribution in [0.5, 0.6) is 0 Å². The Hall–Kier alpha value is -2.70. The number of aliphatic hydroxyl groups excluding tert-OH is 1. The molecule has 0 aliphatic rings. The first kappa shape index (κ1) is 16.2. The molecule has 7 heteroatoms. The second-order valence-corrected chi connectivity index (χ2v) is 5.51. The maximum absolute atomic E-state index is 12.3. The smallest absolute Gasteiger partial charge is 0.274 e. The van der Waals surface area contributed by atoms with Crippen LogP contribution in [0.3, 0.4) is 0 Å². The van der Waals surface area contributed by atoms with E-state index < -0.39 is 11.9 Å². The van der Waals surface area contributed by atoms with Crippen LogP contribution in [0, 0.1) is 0 Å². The second kappa shape index (κ2) is 7.25. The Bertz CT molecular complexity index is 819. The van der Waals surface area contributed by atoms with E-state index >= 15 is 0 Å². The maximum Gasteiger partial charge on any atom is 0.274 e. The zero-order chi connectivity index (χ0) is 16.9. The molecule has 0 spiro atoms. The zero-order valence-corrected chi connectivity index (χ0v) is 13.3. The van der Waals surface area contributed by atoms with Gasteiger partial charge in [0.2, 0.25) is 0 Å². The topological polar surface area (TPSA) is 88.2 Å². The number of hydrogen-bond acceptors (Lipinski definition) is 5. The van der Waals surface area contributed by atoms with Crippen molar-refractivity contribution in [2.24, 2.45) is 0 Å². The number of carbonyl (C=O) groups is 1. The van der Waals surface area contributed by atoms with Gasteiger partial charge in [-0.25, -0.2) is 0 Å². The van der Waals surface area contributed by atoms with Gasteiger partial charge in [-0.1, -0.05) is 28.9 Å². The molecule has 122 valence electrons. The summed E-state index contributed by atoms with van der Waals surface area (Å²) in [4.78, 5) is 16.2. The molecule has 6 nitrogen and oxygen atoms in total. The number of hydrogen-bond donors (Lipinski definition) is 2. The van der Waals surface area contributed by atoms with Gasteiger partial charge < -0.3 is 14.9 Å². The van der Waals surface area contributed by atoms with E-state index in [4.69, 9.17) is 16.1 Å². The van der Waals surface area contributed by atoms with Crippen molar-refractivity contribution in [3.8, 4) is 11.3 Å². The minimum absolute atomic E-state index is 0.134. The van der Waals surface area contributed by atoms with E-state index in [0.29, 0.717) is 10.8 Å². The lowest BCUT2D eigenvalue weighted by molar-refractivity contribution is 0.0907. The molecule has 1 atom stereocenters. The van der Waals surface area contributed by atoms with Gasteiger partial charge in [0.1, 0.15) is 0 Å². The van der Waals surface area contributed by atoms with Gasteiger partial charge in [-0.15, -0.1) is 0 Å². The molecule has 0 aliphatic heterocycles. The van der Waals surface area contributed by atoms with Crippen LogP contribution in [0.1, 0.15) is 22.1 Å². The van der Waals surface area contributed by atoms with E-state index in [1.54, 1.807) is 54.9 Å². The third-order valence-electron chi connectivity index (χ3n) is 3.47. The van der Waals surface area contributed by atoms with Gasteiger partial charge in [0, 0.05) is 29.0 Å². The standard InChI is InChI=1S/C17H14ClN3O3/c18-13-3-1-11(2-4-13)15(10-22)20-17(23)14-9-16(24-21-14)12-5-7-19-8-6-12/h1-9,15,22H,10H2,(H,20,23). The molecule has 2 aromatic heterocycles. The van der Waals surface area contributed by atoms with Gasteiger partial charge in [-0.2, -0.15) is 0 Å². The number of aliphatic hydroxyl groups is 1. The maximum atomic E-state index is 12.3. The predicted octanol–water partition coefficient (Wildman–Crippen LogP) is 2.85. The molecule has 1 amide bonds. The third-order valence-corrected chi connectivity index (χ3v) is 3.72. The molecule has 24 heavy (non-hydrogen) atoms. The minimum Gasteiger partial charge on any atom is -0.394 e. The summed E-state index contributed by atoms with van der Waals surface area (Å²) in [6.07, 6.45) is 3.25. The Morgan fingerprint density at radius 1 is 1.21 bits per heavy atom. The quantitative estimate of drug-likeness (QED) is 0.743. The summed E-state index contributed by atoms with van der Waals surface area (Å²) in [6, 6.07) is 11.4. The van der Waals surface area contributed by atoms with Crippen LogP contribution in [0.15, 0.2) is 59.4 Å². The largest absolute Gasteiger partial charge is 0.394 e. The van der Waals surface area contributed by atoms with E-state index in [9.17, 15) is 9.90 Å². The number of benzene rings is 1. The average Bonchev–Trinajstić information content (AvgIpc) is 3.11. The van der Waals surface area contributed by atoms with Gasteiger partial charge in [0.15, 0.2) is 11.5 Å². The second-order valence-electron chi connectivity index (χ2n) is 5.07. The first-order valence-corrected chi connectivity index (χ1v) is 7.59. The highest BCUT2D eigenvalue weighted by Crippen LogP contribution is 2.20. The Balaban J connectivity index is 1.74. The monoisotopic (exact) mass is 343 g/mol. The summed E-state index contributed by atoms with van der Waals surface area (Å²) in [7, 11) is 0. The van der Waals surface area contributed by atoms with Crippen molar-refractivity contribution in [2.75, 3.05) is 6.61 Å². The molecule has 0 fully saturated rings. The number of halogens is 1. The van der Waals surface area contributed by atoms with E-state index in [0.717, 1.165) is 11.1 Å². The van der Waals surface area contributed by atoms with Crippen molar-refractivity contribution in [3.05, 3.63) is 71.1 Å². The molecule has 1 aromatic carbocycles. The van der Waals surface area contributed by atoms with Crippen molar-refractivity contribution in [1.82, 2.24) is 15.5 Å². The van der Waals surface area contributed by atoms with E-state index in [2.05, 4.69) is 15.5 Å². The highest BCUT2D eigenvalue weighted by molar-refractivity contribution is 6.30. The number of carbonyl (C=O) groups excluding carboxylic acids is 1. The fraction of sp³-hybridized carbons (Fsp3) is 0.118. The first-order chi connectivity index (χ1) is 11.7. The highest BCUT2D eigenvalue weighted by Gasteiger charge is 2.18. The molecule has 0 radical (unpaired) electrons. The van der Waals surface area contributed by atoms with Crippen molar-refractivity contribution >= 4 is 17.5 Å². The molecule has 0 saturated carbocycles. The molecule has 1 unspecified atom stereocenters. The molecule has 0 saturated heterocycles. The number of aromatic nitrogens is 2. The fourth-order valence-electron chi connectivity index (χ4n) is 2.20. The van der Waals surface area contributed by atoms with Crippen LogP contribution in [0.25, 0.3) is 11.3 Å². The predicted molar refractivity (Wildman–Crippen MR) is 88.5 cm³/mol. The van der Waals surface area contributed by atoms with Gasteiger partial charge in [-0.05, 0) is 29.8 Å². The average molecular weight is 344 g/mol. The molecule has 3 aromatic rings. The summed E-state index contributed by atoms with van der Waals surface area (Å²) in [5, 5.41) is 16.6. The Morgan fingerprint density at radius 3 is 2.58 bits per heavy atom. The molecule has 0 bridgehead atoms. The molecular formula is C17H14ClN3O3. The fourth-order valence-corrected chi connectivity index (χ4v) is 2.32. The van der Waals surface area contributed by atoms with E-state index in [-0.39, 0.29) is 12.3 Å². The number of rotatable bonds is 5. The van der Waals surface area contributed by atoms with E-state index in [1.807, 2.05) is 0 Å². The highest BCUT2D eigenvalue weighted by atomic mass is 35.5. The van der Waals surface area contributed by atoms with Crippen LogP contribution >= 0.6 is 11.6 Å². The summed E-state index contributed by atoms with van der Waals surface area (Å²) in [6.45, 7) is -0.248. The SMILES string of the molecule is O=C(NC(CO)c1ccc(Cl)cc1)c1cc(-c2ccncc2)on1. The number of amides is 1. The van der Waals surface area contributed by atoms with Crippen LogP contribution in [-0.2, 0) is 0 Å². The summed E-state index contributed by atoms with van der Waals surface area (Å²) in [5.41, 5.74) is 1.65. The number of pyridine rings is 1. The minimum atomic E-state index is -0.559. The van der Waals surface area contributed by atoms with Crippen LogP contribution < -0.4 is 5.32 Å². The van der Waals surface area contributed by atoms with Gasteiger partial charge in [0.25, 0.3) is 5.91 Å². The summed E-state index contributed by atoms with van der Waals surface area (Å²) in [5.74, 6) is 0.0302. The summed E-state index contributed by atoms with van der Waals surface area (Å²) >= 11 is 5.85. The van der Waals surface area contributed by atoms with Crippen molar-refractivity contribution < 1.29 is 14.4 Å². The zero-order valence-electron chi connectivity index (χ0n) is 12.5. The Morgan fingerprint density at radius 2 is 1.92 bits per heavy atom. The third kappa shape index (κ3) is 3.61. The van der Waals surface area contributed by atoms with Crippen LogP contribution in [-0.4, -0.2) is 27.8 Å². The number of nitrogens with one attached hydrogen (secondary N) is 1. The Kier molecular flexibility index (Phi) is 4.88. The lowest BCUT2D eigenvalue weighted by Crippen LogP contribution is -2.30. The van der Waals surface area contributed by atoms with Crippen LogP contribution in [0.2, 0.25) is 5.02 Å². The first-order valence-electron chi connectivity index (χ1n) is 7.21. The van der Waals surface area contributed by atoms with Crippen LogP contribution in [0.4, 0.5) is 0 Å². The number of nitrogens with zero attached hydrogens (tertiary/aromatic N) is 2. The molecule has 2 N–H and O–H groups in total. The molecule has 3 rings (SSSR count). The van der Waals surface area contributed by atoms with Gasteiger partial charge in [0.05, 0.1) is 12.6 Å². The lowest BCUT2D eigenvalue weighted by Gasteiger charge is -2.15. The van der Waals surface area contributed by atoms with Crippen molar-refractivity contribution in [1.29, 1.82) is 0 Å². The van der Waals surface area contributed by atoms with Crippen molar-refractivity contribution in [2.45, 2.75) is 6.04 Å². The lowest BCUT2D eigenvalue weighted by atomic mass is 10.1.